The summed E-state index contributed by atoms with van der Waals surface area (Å²) in [4.78, 5) is 14.5. The second-order valence-corrected chi connectivity index (χ2v) is 8.31. The smallest absolute Gasteiger partial charge is 0.253 e. The van der Waals surface area contributed by atoms with Gasteiger partial charge in [0, 0.05) is 44.9 Å². The quantitative estimate of drug-likeness (QED) is 0.774. The first kappa shape index (κ1) is 18.3. The van der Waals surface area contributed by atoms with E-state index in [1.807, 2.05) is 0 Å². The maximum absolute atomic E-state index is 12.6. The summed E-state index contributed by atoms with van der Waals surface area (Å²) in [7, 11) is -0.570. The molecule has 0 aliphatic carbocycles. The van der Waals surface area contributed by atoms with Gasteiger partial charge < -0.3 is 9.64 Å². The number of aromatic nitrogens is 2. The molecule has 1 aromatic carbocycles. The number of sulfonamides is 1. The molecule has 1 aliphatic rings. The van der Waals surface area contributed by atoms with Gasteiger partial charge in [0.15, 0.2) is 0 Å². The summed E-state index contributed by atoms with van der Waals surface area (Å²) < 4.78 is 31.0. The van der Waals surface area contributed by atoms with E-state index in [-0.39, 0.29) is 16.9 Å². The molecule has 9 heteroatoms. The van der Waals surface area contributed by atoms with Gasteiger partial charge in [-0.1, -0.05) is 0 Å². The molecule has 0 spiro atoms. The number of benzene rings is 1. The minimum absolute atomic E-state index is 0.135. The van der Waals surface area contributed by atoms with Crippen LogP contribution in [0, 0.1) is 0 Å². The Morgan fingerprint density at radius 2 is 1.96 bits per heavy atom. The maximum Gasteiger partial charge on any atom is 0.253 e. The number of amides is 1. The summed E-state index contributed by atoms with van der Waals surface area (Å²) in [5.41, 5.74) is 0.447. The lowest BCUT2D eigenvalue weighted by molar-refractivity contribution is 0.0771. The number of carbonyl (C=O) groups excluding carboxylic acids is 1. The molecular formula is C17H20N4O4S. The van der Waals surface area contributed by atoms with Gasteiger partial charge >= 0.3 is 0 Å². The van der Waals surface area contributed by atoms with Crippen LogP contribution in [0.5, 0.6) is 5.88 Å². The molecule has 1 amide bonds. The highest BCUT2D eigenvalue weighted by Crippen LogP contribution is 2.19. The van der Waals surface area contributed by atoms with Crippen molar-refractivity contribution < 1.29 is 17.9 Å². The molecule has 26 heavy (non-hydrogen) atoms. The van der Waals surface area contributed by atoms with Gasteiger partial charge in [-0.05, 0) is 30.3 Å². The molecule has 2 aromatic rings. The van der Waals surface area contributed by atoms with Crippen molar-refractivity contribution >= 4 is 15.9 Å². The SMILES string of the molecule is CN(C)S(=O)(=O)c1ccc(C(=O)N2CCC(Oc3cccnn3)C2)cc1. The lowest BCUT2D eigenvalue weighted by atomic mass is 10.2. The Hall–Kier alpha value is -2.52. The Balaban J connectivity index is 1.65. The van der Waals surface area contributed by atoms with Crippen molar-refractivity contribution in [1.82, 2.24) is 19.4 Å². The molecule has 1 saturated heterocycles. The number of hydrogen-bond acceptors (Lipinski definition) is 6. The Morgan fingerprint density at radius 1 is 1.23 bits per heavy atom. The fraction of sp³-hybridized carbons (Fsp3) is 0.353. The molecule has 1 fully saturated rings. The summed E-state index contributed by atoms with van der Waals surface area (Å²) >= 11 is 0. The molecule has 1 atom stereocenters. The van der Waals surface area contributed by atoms with E-state index in [1.165, 1.54) is 38.4 Å². The van der Waals surface area contributed by atoms with E-state index in [9.17, 15) is 13.2 Å². The van der Waals surface area contributed by atoms with Crippen LogP contribution in [0.2, 0.25) is 0 Å². The second kappa shape index (κ2) is 7.38. The molecule has 1 aliphatic heterocycles. The average molecular weight is 376 g/mol. The zero-order chi connectivity index (χ0) is 18.7. The number of hydrogen-bond donors (Lipinski definition) is 0. The normalized spacial score (nSPS) is 17.5. The van der Waals surface area contributed by atoms with Crippen molar-refractivity contribution in [3.63, 3.8) is 0 Å². The fourth-order valence-corrected chi connectivity index (χ4v) is 3.59. The maximum atomic E-state index is 12.6. The first-order valence-electron chi connectivity index (χ1n) is 8.14. The molecule has 1 aromatic heterocycles. The van der Waals surface area contributed by atoms with Gasteiger partial charge in [0.05, 0.1) is 11.4 Å². The van der Waals surface area contributed by atoms with Crippen molar-refractivity contribution in [2.24, 2.45) is 0 Å². The second-order valence-electron chi connectivity index (χ2n) is 6.15. The van der Waals surface area contributed by atoms with Crippen molar-refractivity contribution in [2.75, 3.05) is 27.2 Å². The van der Waals surface area contributed by atoms with Gasteiger partial charge in [0.25, 0.3) is 5.91 Å². The molecule has 3 rings (SSSR count). The Morgan fingerprint density at radius 3 is 2.58 bits per heavy atom. The lowest BCUT2D eigenvalue weighted by Gasteiger charge is -2.17. The Bertz CT molecular complexity index is 869. The molecular weight excluding hydrogens is 356 g/mol. The predicted octanol–water partition coefficient (Wildman–Crippen LogP) is 1.02. The highest BCUT2D eigenvalue weighted by atomic mass is 32.2. The first-order chi connectivity index (χ1) is 12.4. The van der Waals surface area contributed by atoms with Gasteiger partial charge in [-0.25, -0.2) is 12.7 Å². The largest absolute Gasteiger partial charge is 0.471 e. The summed E-state index contributed by atoms with van der Waals surface area (Å²) in [6, 6.07) is 9.44. The van der Waals surface area contributed by atoms with Gasteiger partial charge in [0.2, 0.25) is 15.9 Å². The first-order valence-corrected chi connectivity index (χ1v) is 9.58. The summed E-state index contributed by atoms with van der Waals surface area (Å²) in [6.45, 7) is 1.02. The minimum atomic E-state index is -3.51. The number of likely N-dealkylation sites (tertiary alicyclic amines) is 1. The van der Waals surface area contributed by atoms with E-state index < -0.39 is 10.0 Å². The number of nitrogens with zero attached hydrogens (tertiary/aromatic N) is 4. The summed E-state index contributed by atoms with van der Waals surface area (Å²) in [5.74, 6) is 0.286. The van der Waals surface area contributed by atoms with Crippen LogP contribution in [-0.2, 0) is 10.0 Å². The van der Waals surface area contributed by atoms with Gasteiger partial charge in [-0.2, -0.15) is 5.10 Å². The Labute approximate surface area is 152 Å². The van der Waals surface area contributed by atoms with Crippen molar-refractivity contribution in [1.29, 1.82) is 0 Å². The molecule has 0 saturated carbocycles. The number of ether oxygens (including phenoxy) is 1. The standard InChI is InChI=1S/C17H20N4O4S/c1-20(2)26(23,24)15-7-5-13(6-8-15)17(22)21-11-9-14(12-21)25-16-4-3-10-18-19-16/h3-8,10,14H,9,11-12H2,1-2H3. The molecule has 138 valence electrons. The zero-order valence-electron chi connectivity index (χ0n) is 14.6. The molecule has 0 N–H and O–H groups in total. The van der Waals surface area contributed by atoms with Crippen LogP contribution in [-0.4, -0.2) is 67.0 Å². The topological polar surface area (TPSA) is 92.7 Å². The monoisotopic (exact) mass is 376 g/mol. The van der Waals surface area contributed by atoms with Crippen LogP contribution in [0.3, 0.4) is 0 Å². The Kier molecular flexibility index (Phi) is 5.19. The van der Waals surface area contributed by atoms with E-state index in [4.69, 9.17) is 4.74 Å². The van der Waals surface area contributed by atoms with Crippen molar-refractivity contribution in [3.05, 3.63) is 48.2 Å². The molecule has 8 nitrogen and oxygen atoms in total. The number of carbonyl (C=O) groups is 1. The van der Waals surface area contributed by atoms with E-state index in [2.05, 4.69) is 10.2 Å². The third-order valence-corrected chi connectivity index (χ3v) is 5.98. The molecule has 2 heterocycles. The van der Waals surface area contributed by atoms with Crippen LogP contribution < -0.4 is 4.74 Å². The van der Waals surface area contributed by atoms with Crippen LogP contribution in [0.15, 0.2) is 47.5 Å². The van der Waals surface area contributed by atoms with Gasteiger partial charge in [-0.3, -0.25) is 4.79 Å². The molecule has 0 radical (unpaired) electrons. The van der Waals surface area contributed by atoms with E-state index in [0.29, 0.717) is 31.0 Å². The predicted molar refractivity (Wildman–Crippen MR) is 94.3 cm³/mol. The number of rotatable bonds is 5. The van der Waals surface area contributed by atoms with Crippen LogP contribution in [0.25, 0.3) is 0 Å². The van der Waals surface area contributed by atoms with E-state index in [1.54, 1.807) is 23.2 Å². The summed E-state index contributed by atoms with van der Waals surface area (Å²) in [5, 5.41) is 7.64. The van der Waals surface area contributed by atoms with Gasteiger partial charge in [0.1, 0.15) is 6.10 Å². The lowest BCUT2D eigenvalue weighted by Crippen LogP contribution is -2.31. The summed E-state index contributed by atoms with van der Waals surface area (Å²) in [6.07, 6.45) is 2.14. The average Bonchev–Trinajstić information content (AvgIpc) is 3.10. The van der Waals surface area contributed by atoms with Crippen molar-refractivity contribution in [2.45, 2.75) is 17.4 Å². The molecule has 0 bridgehead atoms. The molecule has 1 unspecified atom stereocenters. The third kappa shape index (κ3) is 3.83. The minimum Gasteiger partial charge on any atom is -0.471 e. The van der Waals surface area contributed by atoms with Crippen LogP contribution in [0.4, 0.5) is 0 Å². The van der Waals surface area contributed by atoms with E-state index in [0.717, 1.165) is 4.31 Å². The fourth-order valence-electron chi connectivity index (χ4n) is 2.69. The third-order valence-electron chi connectivity index (χ3n) is 4.15. The highest BCUT2D eigenvalue weighted by molar-refractivity contribution is 7.89. The van der Waals surface area contributed by atoms with Gasteiger partial charge in [-0.15, -0.1) is 5.10 Å². The zero-order valence-corrected chi connectivity index (χ0v) is 15.4. The van der Waals surface area contributed by atoms with Crippen LogP contribution >= 0.6 is 0 Å². The van der Waals surface area contributed by atoms with Crippen LogP contribution in [0.1, 0.15) is 16.8 Å². The highest BCUT2D eigenvalue weighted by Gasteiger charge is 2.29. The van der Waals surface area contributed by atoms with Crippen molar-refractivity contribution in [3.8, 4) is 5.88 Å². The van der Waals surface area contributed by atoms with E-state index >= 15 is 0 Å².